The van der Waals surface area contributed by atoms with E-state index in [2.05, 4.69) is 10.6 Å². The first kappa shape index (κ1) is 17.9. The van der Waals surface area contributed by atoms with Crippen LogP contribution >= 0.6 is 35.6 Å². The summed E-state index contributed by atoms with van der Waals surface area (Å²) in [7, 11) is 0. The van der Waals surface area contributed by atoms with E-state index in [0.29, 0.717) is 28.4 Å². The van der Waals surface area contributed by atoms with E-state index >= 15 is 0 Å². The maximum Gasteiger partial charge on any atom is 0.223 e. The van der Waals surface area contributed by atoms with Crippen molar-refractivity contribution in [2.75, 3.05) is 19.6 Å². The molecular formula is C16H21Cl3N2O. The predicted molar refractivity (Wildman–Crippen MR) is 93.1 cm³/mol. The second-order valence-electron chi connectivity index (χ2n) is 6.12. The van der Waals surface area contributed by atoms with Gasteiger partial charge >= 0.3 is 0 Å². The number of nitrogens with one attached hydrogen (secondary N) is 2. The maximum atomic E-state index is 12.2. The third-order valence-electron chi connectivity index (χ3n) is 4.83. The molecule has 1 aromatic rings. The lowest BCUT2D eigenvalue weighted by Crippen LogP contribution is -2.34. The Hall–Kier alpha value is -0.480. The molecule has 1 unspecified atom stereocenters. The highest BCUT2D eigenvalue weighted by atomic mass is 35.5. The summed E-state index contributed by atoms with van der Waals surface area (Å²) in [6, 6.07) is 5.61. The van der Waals surface area contributed by atoms with Gasteiger partial charge in [0.2, 0.25) is 5.91 Å². The third kappa shape index (κ3) is 3.70. The molecule has 0 aromatic heterocycles. The lowest BCUT2D eigenvalue weighted by Gasteiger charge is -2.23. The van der Waals surface area contributed by atoms with Gasteiger partial charge in [0.25, 0.3) is 0 Å². The number of halogens is 3. The van der Waals surface area contributed by atoms with E-state index in [1.54, 1.807) is 6.07 Å². The van der Waals surface area contributed by atoms with Gasteiger partial charge in [-0.1, -0.05) is 35.3 Å². The molecule has 122 valence electrons. The van der Waals surface area contributed by atoms with Crippen molar-refractivity contribution < 1.29 is 4.79 Å². The van der Waals surface area contributed by atoms with E-state index in [1.807, 2.05) is 12.1 Å². The van der Waals surface area contributed by atoms with E-state index in [1.165, 1.54) is 0 Å². The second-order valence-corrected chi connectivity index (χ2v) is 6.91. The van der Waals surface area contributed by atoms with Crippen molar-refractivity contribution >= 4 is 41.5 Å². The number of piperidine rings is 1. The minimum Gasteiger partial charge on any atom is -0.356 e. The summed E-state index contributed by atoms with van der Waals surface area (Å²) in [5.74, 6) is 0.421. The molecule has 2 N–H and O–H groups in total. The van der Waals surface area contributed by atoms with Gasteiger partial charge in [-0.2, -0.15) is 0 Å². The molecule has 1 saturated carbocycles. The molecule has 1 aliphatic carbocycles. The summed E-state index contributed by atoms with van der Waals surface area (Å²) in [5.41, 5.74) is 1.28. The van der Waals surface area contributed by atoms with Crippen LogP contribution in [0, 0.1) is 11.3 Å². The molecule has 2 fully saturated rings. The number of carbonyl (C=O) groups is 1. The number of amides is 1. The molecule has 3 rings (SSSR count). The van der Waals surface area contributed by atoms with Gasteiger partial charge in [-0.05, 0) is 55.8 Å². The molecule has 6 heteroatoms. The van der Waals surface area contributed by atoms with Crippen LogP contribution in [0.2, 0.25) is 10.0 Å². The molecule has 0 bridgehead atoms. The molecule has 22 heavy (non-hydrogen) atoms. The highest BCUT2D eigenvalue weighted by Crippen LogP contribution is 2.58. The smallest absolute Gasteiger partial charge is 0.223 e. The normalized spacial score (nSPS) is 22.0. The molecule has 1 heterocycles. The van der Waals surface area contributed by atoms with E-state index < -0.39 is 0 Å². The zero-order valence-corrected chi connectivity index (χ0v) is 14.7. The van der Waals surface area contributed by atoms with Crippen molar-refractivity contribution in [3.8, 4) is 0 Å². The Morgan fingerprint density at radius 1 is 1.32 bits per heavy atom. The lowest BCUT2D eigenvalue weighted by atomic mass is 9.92. The highest BCUT2D eigenvalue weighted by Gasteiger charge is 2.57. The largest absolute Gasteiger partial charge is 0.356 e. The first-order valence-corrected chi connectivity index (χ1v) is 8.29. The number of carbonyl (C=O) groups excluding carboxylic acids is 1. The van der Waals surface area contributed by atoms with Gasteiger partial charge in [-0.3, -0.25) is 4.79 Å². The first-order valence-electron chi connectivity index (χ1n) is 7.54. The van der Waals surface area contributed by atoms with Gasteiger partial charge < -0.3 is 10.6 Å². The number of rotatable bonds is 4. The van der Waals surface area contributed by atoms with Crippen molar-refractivity contribution in [2.45, 2.75) is 25.7 Å². The average Bonchev–Trinajstić information content (AvgIpc) is 3.17. The molecule has 1 atom stereocenters. The Labute approximate surface area is 147 Å². The SMILES string of the molecule is Cl.O=C(NCCc1cccc(Cl)c1Cl)C1CC12CCNCC2. The maximum absolute atomic E-state index is 12.2. The van der Waals surface area contributed by atoms with Crippen LogP contribution < -0.4 is 10.6 Å². The Kier molecular flexibility index (Phi) is 6.00. The molecule has 1 aromatic carbocycles. The average molecular weight is 364 g/mol. The fourth-order valence-electron chi connectivity index (χ4n) is 3.38. The fourth-order valence-corrected chi connectivity index (χ4v) is 3.80. The standard InChI is InChI=1S/C16H20Cl2N2O.ClH/c17-13-3-1-2-11(14(13)18)4-7-20-15(21)12-10-16(12)5-8-19-9-6-16;/h1-3,12,19H,4-10H2,(H,20,21);1H. The van der Waals surface area contributed by atoms with Crippen LogP contribution in [0.25, 0.3) is 0 Å². The predicted octanol–water partition coefficient (Wildman–Crippen LogP) is 3.46. The van der Waals surface area contributed by atoms with Crippen molar-refractivity contribution in [3.05, 3.63) is 33.8 Å². The van der Waals surface area contributed by atoms with Gasteiger partial charge in [0.05, 0.1) is 10.0 Å². The van der Waals surface area contributed by atoms with E-state index in [9.17, 15) is 4.79 Å². The van der Waals surface area contributed by atoms with Gasteiger partial charge in [0, 0.05) is 12.5 Å². The number of hydrogen-bond donors (Lipinski definition) is 2. The summed E-state index contributed by atoms with van der Waals surface area (Å²) >= 11 is 12.1. The fraction of sp³-hybridized carbons (Fsp3) is 0.562. The molecule has 1 saturated heterocycles. The van der Waals surface area contributed by atoms with Crippen LogP contribution in [0.4, 0.5) is 0 Å². The Bertz CT molecular complexity index is 544. The number of hydrogen-bond acceptors (Lipinski definition) is 2. The van der Waals surface area contributed by atoms with Crippen LogP contribution in [0.15, 0.2) is 18.2 Å². The van der Waals surface area contributed by atoms with Gasteiger partial charge in [0.1, 0.15) is 0 Å². The highest BCUT2D eigenvalue weighted by molar-refractivity contribution is 6.42. The summed E-state index contributed by atoms with van der Waals surface area (Å²) < 4.78 is 0. The van der Waals surface area contributed by atoms with Crippen LogP contribution in [0.5, 0.6) is 0 Å². The summed E-state index contributed by atoms with van der Waals surface area (Å²) in [6.07, 6.45) is 4.03. The van der Waals surface area contributed by atoms with Gasteiger partial charge in [0.15, 0.2) is 0 Å². The zero-order chi connectivity index (χ0) is 14.9. The van der Waals surface area contributed by atoms with E-state index in [-0.39, 0.29) is 24.2 Å². The van der Waals surface area contributed by atoms with Crippen molar-refractivity contribution in [1.82, 2.24) is 10.6 Å². The molecule has 1 aliphatic heterocycles. The molecule has 1 amide bonds. The van der Waals surface area contributed by atoms with Crippen LogP contribution in [0.1, 0.15) is 24.8 Å². The van der Waals surface area contributed by atoms with Crippen LogP contribution in [-0.4, -0.2) is 25.5 Å². The summed E-state index contributed by atoms with van der Waals surface area (Å²) in [4.78, 5) is 12.2. The minimum atomic E-state index is 0. The van der Waals surface area contributed by atoms with Crippen molar-refractivity contribution in [3.63, 3.8) is 0 Å². The topological polar surface area (TPSA) is 41.1 Å². The summed E-state index contributed by atoms with van der Waals surface area (Å²) in [5, 5.41) is 7.57. The van der Waals surface area contributed by atoms with Gasteiger partial charge in [-0.25, -0.2) is 0 Å². The van der Waals surface area contributed by atoms with E-state index in [0.717, 1.165) is 37.9 Å². The van der Waals surface area contributed by atoms with E-state index in [4.69, 9.17) is 23.2 Å². The molecule has 0 radical (unpaired) electrons. The van der Waals surface area contributed by atoms with Crippen LogP contribution in [0.3, 0.4) is 0 Å². The number of benzene rings is 1. The second kappa shape index (κ2) is 7.39. The zero-order valence-electron chi connectivity index (χ0n) is 12.3. The molecular weight excluding hydrogens is 343 g/mol. The molecule has 1 spiro atoms. The van der Waals surface area contributed by atoms with Crippen LogP contribution in [-0.2, 0) is 11.2 Å². The molecule has 3 nitrogen and oxygen atoms in total. The van der Waals surface area contributed by atoms with Crippen molar-refractivity contribution in [2.24, 2.45) is 11.3 Å². The first-order chi connectivity index (χ1) is 10.1. The quantitative estimate of drug-likeness (QED) is 0.860. The minimum absolute atomic E-state index is 0. The Balaban J connectivity index is 0.00000176. The van der Waals surface area contributed by atoms with Gasteiger partial charge in [-0.15, -0.1) is 12.4 Å². The summed E-state index contributed by atoms with van der Waals surface area (Å²) in [6.45, 7) is 2.70. The third-order valence-corrected chi connectivity index (χ3v) is 5.69. The Morgan fingerprint density at radius 3 is 2.77 bits per heavy atom. The lowest BCUT2D eigenvalue weighted by molar-refractivity contribution is -0.123. The Morgan fingerprint density at radius 2 is 2.05 bits per heavy atom. The monoisotopic (exact) mass is 362 g/mol. The molecule has 2 aliphatic rings. The van der Waals surface area contributed by atoms with Crippen molar-refractivity contribution in [1.29, 1.82) is 0 Å².